The van der Waals surface area contributed by atoms with Crippen molar-refractivity contribution in [2.45, 2.75) is 6.42 Å². The lowest BCUT2D eigenvalue weighted by Crippen LogP contribution is -2.31. The molecule has 150 valence electrons. The highest BCUT2D eigenvalue weighted by molar-refractivity contribution is 6.21. The Hall–Kier alpha value is -3.68. The van der Waals surface area contributed by atoms with Crippen LogP contribution in [0.15, 0.2) is 48.5 Å². The van der Waals surface area contributed by atoms with E-state index < -0.39 is 5.97 Å². The second-order valence-electron chi connectivity index (χ2n) is 6.31. The molecule has 0 atom stereocenters. The summed E-state index contributed by atoms with van der Waals surface area (Å²) in [7, 11) is 1.25. The number of hydrogen-bond donors (Lipinski definition) is 0. The predicted molar refractivity (Wildman–Crippen MR) is 104 cm³/mol. The van der Waals surface area contributed by atoms with Crippen LogP contribution in [-0.4, -0.2) is 55.9 Å². The number of hydrogen-bond acceptors (Lipinski definition) is 6. The van der Waals surface area contributed by atoms with E-state index in [9.17, 15) is 19.2 Å². The summed E-state index contributed by atoms with van der Waals surface area (Å²) in [6, 6.07) is 13.4. The van der Waals surface area contributed by atoms with E-state index in [0.29, 0.717) is 42.0 Å². The fourth-order valence-corrected chi connectivity index (χ4v) is 2.98. The summed E-state index contributed by atoms with van der Waals surface area (Å²) < 4.78 is 10.2. The predicted octanol–water partition coefficient (Wildman–Crippen LogP) is 1.89. The molecule has 1 aliphatic rings. The van der Waals surface area contributed by atoms with Crippen LogP contribution in [0.2, 0.25) is 0 Å². The maximum Gasteiger partial charge on any atom is 0.325 e. The van der Waals surface area contributed by atoms with Gasteiger partial charge in [0.05, 0.1) is 24.8 Å². The fraction of sp³-hybridized carbons (Fsp3) is 0.238. The van der Waals surface area contributed by atoms with Crippen molar-refractivity contribution in [2.75, 3.05) is 31.7 Å². The van der Waals surface area contributed by atoms with Gasteiger partial charge in [-0.2, -0.15) is 0 Å². The zero-order valence-electron chi connectivity index (χ0n) is 15.9. The molecule has 0 unspecified atom stereocenters. The summed E-state index contributed by atoms with van der Waals surface area (Å²) in [6.07, 6.45) is 1.03. The fourth-order valence-electron chi connectivity index (χ4n) is 2.98. The topological polar surface area (TPSA) is 93.2 Å². The molecule has 0 bridgehead atoms. The van der Waals surface area contributed by atoms with Crippen molar-refractivity contribution in [3.8, 4) is 5.75 Å². The first-order chi connectivity index (χ1) is 14.0. The molecule has 0 saturated heterocycles. The Morgan fingerprint density at radius 3 is 2.21 bits per heavy atom. The van der Waals surface area contributed by atoms with Gasteiger partial charge in [0, 0.05) is 12.2 Å². The number of fused-ring (bicyclic) bond motifs is 1. The monoisotopic (exact) mass is 396 g/mol. The van der Waals surface area contributed by atoms with Crippen LogP contribution in [0.25, 0.3) is 0 Å². The maximum atomic E-state index is 12.3. The molecule has 2 aromatic rings. The number of amides is 3. The van der Waals surface area contributed by atoms with E-state index in [2.05, 4.69) is 4.74 Å². The Morgan fingerprint density at radius 2 is 1.66 bits per heavy atom. The summed E-state index contributed by atoms with van der Waals surface area (Å²) in [4.78, 5) is 49.5. The first-order valence-electron chi connectivity index (χ1n) is 9.02. The van der Waals surface area contributed by atoms with Gasteiger partial charge < -0.3 is 14.4 Å². The summed E-state index contributed by atoms with van der Waals surface area (Å²) in [5, 5.41) is 0. The first kappa shape index (κ1) is 20.1. The van der Waals surface area contributed by atoms with Crippen molar-refractivity contribution < 1.29 is 28.7 Å². The van der Waals surface area contributed by atoms with Crippen LogP contribution in [0.5, 0.6) is 5.75 Å². The Labute approximate surface area is 167 Å². The molecule has 2 aromatic carbocycles. The number of carbonyl (C=O) groups is 4. The van der Waals surface area contributed by atoms with Crippen LogP contribution in [0.1, 0.15) is 27.1 Å². The van der Waals surface area contributed by atoms with E-state index in [4.69, 9.17) is 4.74 Å². The molecule has 0 fully saturated rings. The van der Waals surface area contributed by atoms with Crippen LogP contribution >= 0.6 is 0 Å². The van der Waals surface area contributed by atoms with Gasteiger partial charge >= 0.3 is 5.97 Å². The number of anilines is 1. The molecule has 3 amide bonds. The molecular weight excluding hydrogens is 376 g/mol. The van der Waals surface area contributed by atoms with Gasteiger partial charge in [0.1, 0.15) is 12.3 Å². The van der Waals surface area contributed by atoms with Crippen LogP contribution in [-0.2, 0) is 14.3 Å². The summed E-state index contributed by atoms with van der Waals surface area (Å²) >= 11 is 0. The van der Waals surface area contributed by atoms with Crippen molar-refractivity contribution in [1.82, 2.24) is 4.90 Å². The van der Waals surface area contributed by atoms with Crippen molar-refractivity contribution in [3.63, 3.8) is 0 Å². The minimum atomic E-state index is -0.523. The molecule has 29 heavy (non-hydrogen) atoms. The lowest BCUT2D eigenvalue weighted by molar-refractivity contribution is -0.139. The molecule has 8 heteroatoms. The molecule has 0 radical (unpaired) electrons. The molecule has 0 aliphatic carbocycles. The molecule has 0 saturated carbocycles. The molecule has 0 N–H and O–H groups in total. The smallest absolute Gasteiger partial charge is 0.325 e. The Balaban J connectivity index is 1.49. The Kier molecular flexibility index (Phi) is 6.23. The van der Waals surface area contributed by atoms with E-state index in [1.807, 2.05) is 0 Å². The number of ether oxygens (including phenoxy) is 2. The van der Waals surface area contributed by atoms with Crippen LogP contribution in [0.4, 0.5) is 5.69 Å². The summed E-state index contributed by atoms with van der Waals surface area (Å²) in [5.41, 5.74) is 1.39. The number of carbonyl (C=O) groups excluding carboxylic acids is 4. The van der Waals surface area contributed by atoms with Gasteiger partial charge in [-0.15, -0.1) is 0 Å². The first-order valence-corrected chi connectivity index (χ1v) is 9.02. The molecule has 1 heterocycles. The van der Waals surface area contributed by atoms with Gasteiger partial charge in [-0.3, -0.25) is 24.1 Å². The maximum absolute atomic E-state index is 12.3. The third-order valence-electron chi connectivity index (χ3n) is 4.50. The van der Waals surface area contributed by atoms with E-state index >= 15 is 0 Å². The number of nitrogens with zero attached hydrogens (tertiary/aromatic N) is 2. The van der Waals surface area contributed by atoms with E-state index in [1.165, 1.54) is 16.9 Å². The molecule has 0 aromatic heterocycles. The Bertz CT molecular complexity index is 890. The third kappa shape index (κ3) is 4.43. The number of imide groups is 1. The largest absolute Gasteiger partial charge is 0.494 e. The van der Waals surface area contributed by atoms with E-state index in [1.54, 1.807) is 48.5 Å². The molecule has 3 rings (SSSR count). The quantitative estimate of drug-likeness (QED) is 0.278. The van der Waals surface area contributed by atoms with Crippen LogP contribution < -0.4 is 9.64 Å². The number of benzene rings is 2. The summed E-state index contributed by atoms with van der Waals surface area (Å²) in [6.45, 7) is 0.398. The second kappa shape index (κ2) is 9.01. The van der Waals surface area contributed by atoms with Gasteiger partial charge in [-0.1, -0.05) is 12.1 Å². The van der Waals surface area contributed by atoms with Gasteiger partial charge in [0.25, 0.3) is 11.8 Å². The number of esters is 1. The highest BCUT2D eigenvalue weighted by Gasteiger charge is 2.34. The van der Waals surface area contributed by atoms with Crippen LogP contribution in [0.3, 0.4) is 0 Å². The Morgan fingerprint density at radius 1 is 1.03 bits per heavy atom. The van der Waals surface area contributed by atoms with E-state index in [-0.39, 0.29) is 24.9 Å². The zero-order chi connectivity index (χ0) is 20.8. The van der Waals surface area contributed by atoms with Crippen molar-refractivity contribution in [2.24, 2.45) is 0 Å². The minimum Gasteiger partial charge on any atom is -0.494 e. The molecule has 8 nitrogen and oxygen atoms in total. The summed E-state index contributed by atoms with van der Waals surface area (Å²) in [5.74, 6) is -0.519. The van der Waals surface area contributed by atoms with Gasteiger partial charge in [0.15, 0.2) is 0 Å². The minimum absolute atomic E-state index is 0.180. The zero-order valence-corrected chi connectivity index (χ0v) is 15.9. The molecular formula is C21H20N2O6. The molecule has 0 spiro atoms. The van der Waals surface area contributed by atoms with Gasteiger partial charge in [-0.05, 0) is 42.8 Å². The van der Waals surface area contributed by atoms with Gasteiger partial charge in [0.2, 0.25) is 6.41 Å². The lowest BCUT2D eigenvalue weighted by Gasteiger charge is -2.17. The molecule has 1 aliphatic heterocycles. The number of methoxy groups -OCH3 is 1. The highest BCUT2D eigenvalue weighted by Crippen LogP contribution is 2.23. The number of rotatable bonds is 9. The second-order valence-corrected chi connectivity index (χ2v) is 6.31. The highest BCUT2D eigenvalue weighted by atomic mass is 16.5. The average molecular weight is 396 g/mol. The van der Waals surface area contributed by atoms with Crippen molar-refractivity contribution in [1.29, 1.82) is 0 Å². The van der Waals surface area contributed by atoms with Crippen LogP contribution in [0, 0.1) is 0 Å². The standard InChI is InChI=1S/C21H20N2O6/c1-28-19(25)13-22(14-24)15-7-9-16(10-8-15)29-12-4-11-23-20(26)17-5-2-3-6-18(17)21(23)27/h2-3,5-10,14H,4,11-13H2,1H3. The van der Waals surface area contributed by atoms with E-state index in [0.717, 1.165) is 0 Å². The van der Waals surface area contributed by atoms with Gasteiger partial charge in [-0.25, -0.2) is 0 Å². The average Bonchev–Trinajstić information content (AvgIpc) is 3.00. The lowest BCUT2D eigenvalue weighted by atomic mass is 10.1. The SMILES string of the molecule is COC(=O)CN(C=O)c1ccc(OCCCN2C(=O)c3ccccc3C2=O)cc1. The van der Waals surface area contributed by atoms with Crippen molar-refractivity contribution in [3.05, 3.63) is 59.7 Å². The third-order valence-corrected chi connectivity index (χ3v) is 4.50. The van der Waals surface area contributed by atoms with Crippen molar-refractivity contribution >= 4 is 29.9 Å². The normalized spacial score (nSPS) is 12.5.